The molecule has 0 saturated carbocycles. The van der Waals surface area contributed by atoms with Gasteiger partial charge in [0.15, 0.2) is 0 Å². The minimum atomic E-state index is 0.220. The van der Waals surface area contributed by atoms with Gasteiger partial charge in [-0.25, -0.2) is 0 Å². The third-order valence-corrected chi connectivity index (χ3v) is 2.92. The predicted octanol–water partition coefficient (Wildman–Crippen LogP) is 1.91. The fourth-order valence-electron chi connectivity index (χ4n) is 0.679. The first kappa shape index (κ1) is 7.96. The van der Waals surface area contributed by atoms with Crippen LogP contribution in [-0.4, -0.2) is 9.52 Å². The van der Waals surface area contributed by atoms with E-state index in [-0.39, 0.29) is 9.52 Å². The van der Waals surface area contributed by atoms with Gasteiger partial charge in [0, 0.05) is 9.52 Å². The maximum atomic E-state index is 2.37. The summed E-state index contributed by atoms with van der Waals surface area (Å²) in [5.74, 6) is 0. The van der Waals surface area contributed by atoms with Crippen molar-refractivity contribution >= 4 is 9.52 Å². The maximum absolute atomic E-state index is 2.37. The largest absolute Gasteiger partial charge is 0.106 e. The smallest absolute Gasteiger partial charge is 0.0449 e. The molecular formula is C7H16Si. The average molecular weight is 128 g/mol. The second-order valence-electron chi connectivity index (χ2n) is 2.06. The molecule has 8 heavy (non-hydrogen) atoms. The van der Waals surface area contributed by atoms with Crippen molar-refractivity contribution in [3.05, 3.63) is 11.8 Å². The molecule has 0 aromatic rings. The van der Waals surface area contributed by atoms with E-state index in [2.05, 4.69) is 25.6 Å². The molecule has 0 atom stereocenters. The highest BCUT2D eigenvalue weighted by atomic mass is 28.2. The van der Waals surface area contributed by atoms with Gasteiger partial charge in [-0.05, 0) is 6.92 Å². The minimum absolute atomic E-state index is 0.220. The fourth-order valence-corrected chi connectivity index (χ4v) is 2.04. The van der Waals surface area contributed by atoms with Gasteiger partial charge < -0.3 is 0 Å². The fraction of sp³-hybridized carbons (Fsp3) is 0.714. The summed E-state index contributed by atoms with van der Waals surface area (Å²) in [4.78, 5) is 0. The van der Waals surface area contributed by atoms with Gasteiger partial charge in [0.25, 0.3) is 0 Å². The van der Waals surface area contributed by atoms with Gasteiger partial charge in [0.2, 0.25) is 0 Å². The number of hydrogen-bond acceptors (Lipinski definition) is 0. The highest BCUT2D eigenvalue weighted by Gasteiger charge is 1.79. The number of allylic oxidation sites excluding steroid dienone is 1. The Balaban J connectivity index is 2.72. The van der Waals surface area contributed by atoms with Gasteiger partial charge in [0.05, 0.1) is 0 Å². The number of unbranched alkanes of at least 4 members (excludes halogenated alkanes) is 1. The van der Waals surface area contributed by atoms with Crippen molar-refractivity contribution in [2.24, 2.45) is 0 Å². The van der Waals surface area contributed by atoms with Crippen molar-refractivity contribution in [2.75, 3.05) is 0 Å². The van der Waals surface area contributed by atoms with Gasteiger partial charge in [-0.2, -0.15) is 0 Å². The standard InChI is InChI=1S/C7H16Si/c1-3-5-7-8-6-4-2/h4,6H,3,5,7-8H2,1-2H3. The Bertz CT molecular complexity index is 57.4. The summed E-state index contributed by atoms with van der Waals surface area (Å²) in [5, 5.41) is 0. The molecule has 0 spiro atoms. The average Bonchev–Trinajstić information content (AvgIpc) is 1.81. The Morgan fingerprint density at radius 3 is 2.75 bits per heavy atom. The lowest BCUT2D eigenvalue weighted by molar-refractivity contribution is 0.881. The van der Waals surface area contributed by atoms with E-state index in [0.717, 1.165) is 0 Å². The number of hydrogen-bond donors (Lipinski definition) is 0. The molecule has 0 aliphatic rings. The lowest BCUT2D eigenvalue weighted by Gasteiger charge is -1.87. The lowest BCUT2D eigenvalue weighted by atomic mass is 10.4. The van der Waals surface area contributed by atoms with Crippen molar-refractivity contribution in [1.29, 1.82) is 0 Å². The van der Waals surface area contributed by atoms with Crippen LogP contribution in [0.3, 0.4) is 0 Å². The molecule has 0 nitrogen and oxygen atoms in total. The molecule has 0 rings (SSSR count). The lowest BCUT2D eigenvalue weighted by Crippen LogP contribution is -1.81. The molecule has 0 aromatic heterocycles. The first-order valence-electron chi connectivity index (χ1n) is 3.53. The van der Waals surface area contributed by atoms with Crippen LogP contribution in [-0.2, 0) is 0 Å². The van der Waals surface area contributed by atoms with Gasteiger partial charge in [-0.15, -0.1) is 5.70 Å². The molecule has 0 fully saturated rings. The van der Waals surface area contributed by atoms with Gasteiger partial charge in [0.1, 0.15) is 0 Å². The van der Waals surface area contributed by atoms with Gasteiger partial charge in [-0.1, -0.05) is 31.9 Å². The van der Waals surface area contributed by atoms with Gasteiger partial charge in [-0.3, -0.25) is 0 Å². The van der Waals surface area contributed by atoms with E-state index in [1.807, 2.05) is 0 Å². The van der Waals surface area contributed by atoms with Crippen LogP contribution in [0.4, 0.5) is 0 Å². The molecule has 0 unspecified atom stereocenters. The van der Waals surface area contributed by atoms with Crippen LogP contribution in [0, 0.1) is 0 Å². The quantitative estimate of drug-likeness (QED) is 0.401. The second kappa shape index (κ2) is 6.96. The zero-order valence-corrected chi connectivity index (χ0v) is 7.40. The van der Waals surface area contributed by atoms with Crippen LogP contribution in [0.25, 0.3) is 0 Å². The summed E-state index contributed by atoms with van der Waals surface area (Å²) in [7, 11) is 0.220. The summed E-state index contributed by atoms with van der Waals surface area (Å²) in [5.41, 5.74) is 2.37. The van der Waals surface area contributed by atoms with Crippen LogP contribution in [0.2, 0.25) is 6.04 Å². The summed E-state index contributed by atoms with van der Waals surface area (Å²) in [6.07, 6.45) is 4.99. The van der Waals surface area contributed by atoms with Crippen molar-refractivity contribution < 1.29 is 0 Å². The Labute approximate surface area is 54.8 Å². The molecular weight excluding hydrogens is 112 g/mol. The molecule has 0 saturated heterocycles. The van der Waals surface area contributed by atoms with Crippen LogP contribution in [0.5, 0.6) is 0 Å². The molecule has 48 valence electrons. The van der Waals surface area contributed by atoms with Crippen LogP contribution in [0.1, 0.15) is 26.7 Å². The first-order valence-corrected chi connectivity index (χ1v) is 5.34. The van der Waals surface area contributed by atoms with Crippen LogP contribution >= 0.6 is 0 Å². The van der Waals surface area contributed by atoms with Crippen LogP contribution < -0.4 is 0 Å². The molecule has 0 bridgehead atoms. The monoisotopic (exact) mass is 128 g/mol. The Kier molecular flexibility index (Phi) is 6.92. The van der Waals surface area contributed by atoms with Crippen molar-refractivity contribution in [1.82, 2.24) is 0 Å². The summed E-state index contributed by atoms with van der Waals surface area (Å²) < 4.78 is 0. The van der Waals surface area contributed by atoms with Crippen molar-refractivity contribution in [3.63, 3.8) is 0 Å². The minimum Gasteiger partial charge on any atom is -0.106 e. The SMILES string of the molecule is CC=C[SiH2]CCCC. The van der Waals surface area contributed by atoms with E-state index >= 15 is 0 Å². The topological polar surface area (TPSA) is 0 Å². The Morgan fingerprint density at radius 1 is 1.50 bits per heavy atom. The number of rotatable bonds is 4. The predicted molar refractivity (Wildman–Crippen MR) is 43.1 cm³/mol. The highest BCUT2D eigenvalue weighted by Crippen LogP contribution is 1.92. The van der Waals surface area contributed by atoms with Crippen LogP contribution in [0.15, 0.2) is 11.8 Å². The molecule has 0 N–H and O–H groups in total. The van der Waals surface area contributed by atoms with Gasteiger partial charge >= 0.3 is 0 Å². The Hall–Kier alpha value is -0.0431. The summed E-state index contributed by atoms with van der Waals surface area (Å²) >= 11 is 0. The van der Waals surface area contributed by atoms with Crippen molar-refractivity contribution in [3.8, 4) is 0 Å². The third-order valence-electron chi connectivity index (χ3n) is 1.21. The van der Waals surface area contributed by atoms with Crippen molar-refractivity contribution in [2.45, 2.75) is 32.7 Å². The summed E-state index contributed by atoms with van der Waals surface area (Å²) in [6, 6.07) is 1.50. The van der Waals surface area contributed by atoms with E-state index in [1.165, 1.54) is 18.9 Å². The first-order chi connectivity index (χ1) is 3.91. The molecule has 0 amide bonds. The third kappa shape index (κ3) is 5.96. The zero-order valence-electron chi connectivity index (χ0n) is 5.98. The van der Waals surface area contributed by atoms with E-state index in [9.17, 15) is 0 Å². The molecule has 0 aliphatic heterocycles. The van der Waals surface area contributed by atoms with E-state index < -0.39 is 0 Å². The highest BCUT2D eigenvalue weighted by molar-refractivity contribution is 6.41. The summed E-state index contributed by atoms with van der Waals surface area (Å²) in [6.45, 7) is 4.36. The Morgan fingerprint density at radius 2 is 2.25 bits per heavy atom. The molecule has 0 aromatic carbocycles. The van der Waals surface area contributed by atoms with E-state index in [4.69, 9.17) is 0 Å². The normalized spacial score (nSPS) is 12.2. The van der Waals surface area contributed by atoms with E-state index in [0.29, 0.717) is 0 Å². The second-order valence-corrected chi connectivity index (χ2v) is 3.82. The molecule has 0 radical (unpaired) electrons. The zero-order chi connectivity index (χ0) is 6.24. The van der Waals surface area contributed by atoms with E-state index in [1.54, 1.807) is 0 Å². The maximum Gasteiger partial charge on any atom is 0.0449 e. The molecule has 0 heterocycles. The molecule has 1 heteroatoms. The molecule has 0 aliphatic carbocycles.